The number of unbranched alkanes of at least 4 members (excludes halogenated alkanes) is 6. The minimum Gasteiger partial charge on any atom is -0.508 e. The van der Waals surface area contributed by atoms with Gasteiger partial charge in [0.05, 0.1) is 0 Å². The maximum Gasteiger partial charge on any atom is 0.121 e. The molecule has 0 spiro atoms. The van der Waals surface area contributed by atoms with E-state index in [1.165, 1.54) is 32.1 Å². The van der Waals surface area contributed by atoms with E-state index >= 15 is 0 Å². The van der Waals surface area contributed by atoms with Crippen LogP contribution in [0.15, 0.2) is 48.5 Å². The molecule has 3 N–H and O–H groups in total. The molecule has 0 saturated carbocycles. The van der Waals surface area contributed by atoms with Crippen LogP contribution >= 0.6 is 0 Å². The Kier molecular flexibility index (Phi) is 8.88. The van der Waals surface area contributed by atoms with Crippen LogP contribution in [-0.2, 0) is 5.41 Å². The predicted molar refractivity (Wildman–Crippen MR) is 146 cm³/mol. The van der Waals surface area contributed by atoms with E-state index in [1.54, 1.807) is 6.07 Å². The van der Waals surface area contributed by atoms with E-state index < -0.39 is 5.41 Å². The van der Waals surface area contributed by atoms with Crippen LogP contribution in [-0.4, -0.2) is 15.3 Å². The van der Waals surface area contributed by atoms with Crippen LogP contribution < -0.4 is 0 Å². The van der Waals surface area contributed by atoms with Crippen LogP contribution in [0.1, 0.15) is 97.2 Å². The molecule has 0 aliphatic carbocycles. The monoisotopic (exact) mass is 474 g/mol. The zero-order chi connectivity index (χ0) is 25.6. The first-order valence-corrected chi connectivity index (χ1v) is 13.1. The summed E-state index contributed by atoms with van der Waals surface area (Å²) in [4.78, 5) is 0. The lowest BCUT2D eigenvalue weighted by Crippen LogP contribution is -2.30. The van der Waals surface area contributed by atoms with Crippen molar-refractivity contribution in [3.05, 3.63) is 87.5 Å². The Morgan fingerprint density at radius 1 is 0.600 bits per heavy atom. The van der Waals surface area contributed by atoms with Gasteiger partial charge in [0, 0.05) is 11.0 Å². The van der Waals surface area contributed by atoms with Crippen molar-refractivity contribution in [2.24, 2.45) is 0 Å². The molecule has 0 aliphatic heterocycles. The lowest BCUT2D eigenvalue weighted by Gasteiger charge is -2.38. The SMILES string of the molecule is CCCCCCCCCC(c1cc(C)c(O)c(C)c1)(c1cc(C)c(O)c(C)c1)c1ccccc1O. The van der Waals surface area contributed by atoms with Gasteiger partial charge in [-0.25, -0.2) is 0 Å². The fourth-order valence-electron chi connectivity index (χ4n) is 5.49. The average Bonchev–Trinajstić information content (AvgIpc) is 2.83. The molecule has 3 aromatic rings. The summed E-state index contributed by atoms with van der Waals surface area (Å²) < 4.78 is 0. The third-order valence-electron chi connectivity index (χ3n) is 7.49. The van der Waals surface area contributed by atoms with Gasteiger partial charge >= 0.3 is 0 Å². The molecule has 0 amide bonds. The number of benzene rings is 3. The van der Waals surface area contributed by atoms with Crippen molar-refractivity contribution in [3.8, 4) is 17.2 Å². The molecule has 3 rings (SSSR count). The van der Waals surface area contributed by atoms with Crippen LogP contribution in [0.2, 0.25) is 0 Å². The molecule has 3 heteroatoms. The normalized spacial score (nSPS) is 11.7. The topological polar surface area (TPSA) is 60.7 Å². The van der Waals surface area contributed by atoms with Gasteiger partial charge in [0.25, 0.3) is 0 Å². The second-order valence-electron chi connectivity index (χ2n) is 10.2. The molecular formula is C32H42O3. The van der Waals surface area contributed by atoms with Gasteiger partial charge in [0.1, 0.15) is 17.2 Å². The van der Waals surface area contributed by atoms with Crippen molar-refractivity contribution < 1.29 is 15.3 Å². The molecule has 0 saturated heterocycles. The van der Waals surface area contributed by atoms with Crippen molar-refractivity contribution in [1.82, 2.24) is 0 Å². The summed E-state index contributed by atoms with van der Waals surface area (Å²) in [7, 11) is 0. The van der Waals surface area contributed by atoms with Crippen LogP contribution in [0.3, 0.4) is 0 Å². The summed E-state index contributed by atoms with van der Waals surface area (Å²) in [5, 5.41) is 32.3. The quantitative estimate of drug-likeness (QED) is 0.193. The first-order valence-electron chi connectivity index (χ1n) is 13.1. The lowest BCUT2D eigenvalue weighted by atomic mass is 9.65. The molecule has 0 radical (unpaired) electrons. The van der Waals surface area contributed by atoms with Gasteiger partial charge < -0.3 is 15.3 Å². The lowest BCUT2D eigenvalue weighted by molar-refractivity contribution is 0.433. The van der Waals surface area contributed by atoms with Gasteiger partial charge in [-0.2, -0.15) is 0 Å². The largest absolute Gasteiger partial charge is 0.508 e. The summed E-state index contributed by atoms with van der Waals surface area (Å²) >= 11 is 0. The van der Waals surface area contributed by atoms with Crippen LogP contribution in [0.5, 0.6) is 17.2 Å². The van der Waals surface area contributed by atoms with E-state index in [9.17, 15) is 15.3 Å². The number of para-hydroxylation sites is 1. The molecule has 35 heavy (non-hydrogen) atoms. The van der Waals surface area contributed by atoms with Crippen LogP contribution in [0, 0.1) is 27.7 Å². The number of phenols is 3. The number of hydrogen-bond donors (Lipinski definition) is 3. The zero-order valence-corrected chi connectivity index (χ0v) is 22.1. The third kappa shape index (κ3) is 5.66. The minimum absolute atomic E-state index is 0.266. The van der Waals surface area contributed by atoms with E-state index in [2.05, 4.69) is 31.2 Å². The fraction of sp³-hybridized carbons (Fsp3) is 0.438. The average molecular weight is 475 g/mol. The van der Waals surface area contributed by atoms with Gasteiger partial charge in [-0.1, -0.05) is 94.3 Å². The zero-order valence-electron chi connectivity index (χ0n) is 22.1. The van der Waals surface area contributed by atoms with Gasteiger partial charge in [-0.05, 0) is 73.6 Å². The Morgan fingerprint density at radius 2 is 1.03 bits per heavy atom. The van der Waals surface area contributed by atoms with Crippen molar-refractivity contribution in [2.45, 2.75) is 91.4 Å². The molecular weight excluding hydrogens is 432 g/mol. The number of hydrogen-bond acceptors (Lipinski definition) is 3. The first kappa shape index (κ1) is 26.7. The molecule has 0 aromatic heterocycles. The van der Waals surface area contributed by atoms with Crippen molar-refractivity contribution >= 4 is 0 Å². The summed E-state index contributed by atoms with van der Waals surface area (Å²) in [5.74, 6) is 0.894. The van der Waals surface area contributed by atoms with Crippen molar-refractivity contribution in [3.63, 3.8) is 0 Å². The van der Waals surface area contributed by atoms with Crippen molar-refractivity contribution in [1.29, 1.82) is 0 Å². The van der Waals surface area contributed by atoms with Crippen LogP contribution in [0.4, 0.5) is 0 Å². The number of aromatic hydroxyl groups is 3. The Bertz CT molecular complexity index is 1040. The Balaban J connectivity index is 2.20. The van der Waals surface area contributed by atoms with Gasteiger partial charge in [0.15, 0.2) is 0 Å². The third-order valence-corrected chi connectivity index (χ3v) is 7.49. The number of rotatable bonds is 11. The molecule has 0 unspecified atom stereocenters. The maximum atomic E-state index is 11.2. The van der Waals surface area contributed by atoms with Crippen LogP contribution in [0.25, 0.3) is 0 Å². The standard InChI is InChI=1S/C32H42O3/c1-6-7-8-9-10-11-14-17-32(28-15-12-13-16-29(28)33,26-18-22(2)30(34)23(3)19-26)27-20-24(4)31(35)25(5)21-27/h12-13,15-16,18-21,33-35H,6-11,14,17H2,1-5H3. The minimum atomic E-state index is -0.610. The molecule has 3 nitrogen and oxygen atoms in total. The van der Waals surface area contributed by atoms with Gasteiger partial charge in [-0.15, -0.1) is 0 Å². The summed E-state index contributed by atoms with van der Waals surface area (Å²) in [6, 6.07) is 15.9. The highest BCUT2D eigenvalue weighted by molar-refractivity contribution is 5.60. The Morgan fingerprint density at radius 3 is 1.49 bits per heavy atom. The molecule has 0 atom stereocenters. The molecule has 3 aromatic carbocycles. The van der Waals surface area contributed by atoms with E-state index in [0.29, 0.717) is 11.5 Å². The number of phenolic OH excluding ortho intramolecular Hbond substituents is 3. The van der Waals surface area contributed by atoms with Crippen molar-refractivity contribution in [2.75, 3.05) is 0 Å². The molecule has 0 fully saturated rings. The predicted octanol–water partition coefficient (Wildman–Crippen LogP) is 8.51. The highest BCUT2D eigenvalue weighted by atomic mass is 16.3. The second-order valence-corrected chi connectivity index (χ2v) is 10.2. The second kappa shape index (κ2) is 11.7. The highest BCUT2D eigenvalue weighted by Gasteiger charge is 2.39. The smallest absolute Gasteiger partial charge is 0.121 e. The summed E-state index contributed by atoms with van der Waals surface area (Å²) in [6.07, 6.45) is 9.25. The number of aryl methyl sites for hydroxylation is 4. The fourth-order valence-corrected chi connectivity index (χ4v) is 5.49. The Labute approximate surface area is 211 Å². The molecule has 0 aliphatic rings. The van der Waals surface area contributed by atoms with Gasteiger partial charge in [-0.3, -0.25) is 0 Å². The van der Waals surface area contributed by atoms with E-state index in [0.717, 1.165) is 58.2 Å². The van der Waals surface area contributed by atoms with Gasteiger partial charge in [0.2, 0.25) is 0 Å². The van der Waals surface area contributed by atoms with E-state index in [4.69, 9.17) is 0 Å². The highest BCUT2D eigenvalue weighted by Crippen LogP contribution is 2.49. The summed E-state index contributed by atoms with van der Waals surface area (Å²) in [6.45, 7) is 9.97. The van der Waals surface area contributed by atoms with E-state index in [1.807, 2.05) is 45.9 Å². The molecule has 0 heterocycles. The summed E-state index contributed by atoms with van der Waals surface area (Å²) in [5.41, 5.74) is 5.67. The molecule has 0 bridgehead atoms. The molecule has 188 valence electrons. The maximum absolute atomic E-state index is 11.2. The first-order chi connectivity index (χ1) is 16.7. The van der Waals surface area contributed by atoms with E-state index in [-0.39, 0.29) is 5.75 Å². The Hall–Kier alpha value is -2.94.